The van der Waals surface area contributed by atoms with Crippen LogP contribution in [0.15, 0.2) is 24.3 Å². The van der Waals surface area contributed by atoms with Gasteiger partial charge in [0.2, 0.25) is 0 Å². The van der Waals surface area contributed by atoms with Crippen molar-refractivity contribution < 1.29 is 37.9 Å². The van der Waals surface area contributed by atoms with Gasteiger partial charge in [-0.1, -0.05) is 122 Å². The Morgan fingerprint density at radius 2 is 0.977 bits per heavy atom. The van der Waals surface area contributed by atoms with Crippen LogP contribution >= 0.6 is 7.82 Å². The maximum Gasteiger partial charge on any atom is 0.469 e. The van der Waals surface area contributed by atoms with Gasteiger partial charge in [-0.2, -0.15) is 0 Å². The second-order valence-electron chi connectivity index (χ2n) is 11.8. The molecule has 0 spiro atoms. The Labute approximate surface area is 269 Å². The first-order valence-electron chi connectivity index (χ1n) is 17.6. The van der Waals surface area contributed by atoms with Crippen LogP contribution in [0.3, 0.4) is 0 Å². The Bertz CT molecular complexity index is 777. The van der Waals surface area contributed by atoms with E-state index in [1.165, 1.54) is 64.2 Å². The maximum absolute atomic E-state index is 12.3. The molecule has 0 aliphatic heterocycles. The summed E-state index contributed by atoms with van der Waals surface area (Å²) in [6, 6.07) is 0. The molecule has 0 bridgehead atoms. The summed E-state index contributed by atoms with van der Waals surface area (Å²) in [7, 11) is -4.75. The third-order valence-electron chi connectivity index (χ3n) is 7.44. The van der Waals surface area contributed by atoms with Crippen molar-refractivity contribution >= 4 is 19.8 Å². The number of unbranched alkanes of at least 4 members (excludes halogenated alkanes) is 18. The first-order valence-corrected chi connectivity index (χ1v) is 19.2. The smallest absolute Gasteiger partial charge is 0.462 e. The molecule has 0 aromatic rings. The number of phosphoric acid groups is 1. The predicted octanol–water partition coefficient (Wildman–Crippen LogP) is 10.1. The lowest BCUT2D eigenvalue weighted by Gasteiger charge is -2.18. The van der Waals surface area contributed by atoms with E-state index >= 15 is 0 Å². The fourth-order valence-corrected chi connectivity index (χ4v) is 5.12. The molecule has 0 rings (SSSR count). The molecule has 258 valence electrons. The molecule has 44 heavy (non-hydrogen) atoms. The Hall–Kier alpha value is -1.47. The zero-order chi connectivity index (χ0) is 32.6. The average molecular weight is 645 g/mol. The summed E-state index contributed by atoms with van der Waals surface area (Å²) in [5.41, 5.74) is 0. The Morgan fingerprint density at radius 1 is 0.568 bits per heavy atom. The summed E-state index contributed by atoms with van der Waals surface area (Å²) < 4.78 is 26.2. The minimum Gasteiger partial charge on any atom is -0.462 e. The number of ether oxygens (including phenoxy) is 2. The zero-order valence-electron chi connectivity index (χ0n) is 28.1. The lowest BCUT2D eigenvalue weighted by molar-refractivity contribution is -0.161. The van der Waals surface area contributed by atoms with Gasteiger partial charge in [-0.05, 0) is 57.8 Å². The number of hydrogen-bond acceptors (Lipinski definition) is 6. The molecule has 1 atom stereocenters. The van der Waals surface area contributed by atoms with Gasteiger partial charge in [-0.15, -0.1) is 0 Å². The molecule has 0 fully saturated rings. The Balaban J connectivity index is 4.01. The molecule has 8 nitrogen and oxygen atoms in total. The fourth-order valence-electron chi connectivity index (χ4n) is 4.76. The molecule has 0 aromatic heterocycles. The predicted molar refractivity (Wildman–Crippen MR) is 179 cm³/mol. The summed E-state index contributed by atoms with van der Waals surface area (Å²) in [5, 5.41) is 0. The summed E-state index contributed by atoms with van der Waals surface area (Å²) in [4.78, 5) is 42.5. The maximum atomic E-state index is 12.3. The van der Waals surface area contributed by atoms with Crippen molar-refractivity contribution in [1.29, 1.82) is 0 Å². The molecule has 0 radical (unpaired) electrons. The lowest BCUT2D eigenvalue weighted by atomic mass is 10.1. The normalized spacial score (nSPS) is 12.7. The molecule has 0 aliphatic carbocycles. The first-order chi connectivity index (χ1) is 21.3. The summed E-state index contributed by atoms with van der Waals surface area (Å²) in [5.74, 6) is -0.914. The van der Waals surface area contributed by atoms with Crippen molar-refractivity contribution in [1.82, 2.24) is 0 Å². The highest BCUT2D eigenvalue weighted by Gasteiger charge is 2.22. The molecule has 0 saturated heterocycles. The molecule has 0 amide bonds. The van der Waals surface area contributed by atoms with Crippen LogP contribution in [-0.2, 0) is 28.2 Å². The molecule has 9 heteroatoms. The van der Waals surface area contributed by atoms with Crippen LogP contribution in [0.5, 0.6) is 0 Å². The average Bonchev–Trinajstić information content (AvgIpc) is 2.98. The van der Waals surface area contributed by atoms with E-state index in [4.69, 9.17) is 19.3 Å². The van der Waals surface area contributed by atoms with Crippen LogP contribution in [0.4, 0.5) is 0 Å². The molecule has 0 heterocycles. The van der Waals surface area contributed by atoms with E-state index in [2.05, 4.69) is 42.7 Å². The van der Waals surface area contributed by atoms with Crippen LogP contribution in [-0.4, -0.2) is 41.0 Å². The van der Waals surface area contributed by atoms with Gasteiger partial charge in [-0.3, -0.25) is 14.1 Å². The molecule has 0 aliphatic rings. The minimum atomic E-state index is -4.75. The van der Waals surface area contributed by atoms with Crippen molar-refractivity contribution in [3.05, 3.63) is 24.3 Å². The number of allylic oxidation sites excluding steroid dienone is 4. The van der Waals surface area contributed by atoms with Gasteiger partial charge in [0.25, 0.3) is 0 Å². The molecular weight excluding hydrogens is 579 g/mol. The van der Waals surface area contributed by atoms with Gasteiger partial charge in [0.15, 0.2) is 6.10 Å². The topological polar surface area (TPSA) is 119 Å². The number of esters is 2. The van der Waals surface area contributed by atoms with E-state index < -0.39 is 32.5 Å². The molecule has 0 saturated carbocycles. The van der Waals surface area contributed by atoms with Gasteiger partial charge in [-0.25, -0.2) is 4.57 Å². The SMILES string of the molecule is CCCC/C=C/CCCCCCCC(=O)O[C@H](COC(=O)CCCCC/C=C/CCCCCCCCCC)COP(=O)(O)O. The zero-order valence-corrected chi connectivity index (χ0v) is 29.0. The van der Waals surface area contributed by atoms with Crippen molar-refractivity contribution in [2.75, 3.05) is 13.2 Å². The molecule has 0 unspecified atom stereocenters. The van der Waals surface area contributed by atoms with Crippen molar-refractivity contribution in [3.8, 4) is 0 Å². The van der Waals surface area contributed by atoms with Gasteiger partial charge in [0.05, 0.1) is 6.61 Å². The van der Waals surface area contributed by atoms with Gasteiger partial charge in [0, 0.05) is 12.8 Å². The van der Waals surface area contributed by atoms with E-state index in [0.29, 0.717) is 12.8 Å². The van der Waals surface area contributed by atoms with Crippen LogP contribution in [0.1, 0.15) is 168 Å². The first kappa shape index (κ1) is 42.5. The summed E-state index contributed by atoms with van der Waals surface area (Å²) >= 11 is 0. The lowest BCUT2D eigenvalue weighted by Crippen LogP contribution is -2.29. The molecular formula is C35H65O8P. The van der Waals surface area contributed by atoms with Crippen LogP contribution in [0, 0.1) is 0 Å². The quantitative estimate of drug-likeness (QED) is 0.0321. The second kappa shape index (κ2) is 31.5. The van der Waals surface area contributed by atoms with Crippen molar-refractivity contribution in [3.63, 3.8) is 0 Å². The minimum absolute atomic E-state index is 0.199. The van der Waals surface area contributed by atoms with E-state index in [1.807, 2.05) is 0 Å². The standard InChI is InChI=1S/C35H65O8P/c1-3-5-7-9-11-13-15-16-17-18-20-21-23-25-27-29-34(36)41-31-33(32-42-44(38,39)40)43-35(37)30-28-26-24-22-19-14-12-10-8-6-4-2/h10,12,18,20,33H,3-9,11,13-17,19,21-32H2,1-2H3,(H2,38,39,40)/b12-10+,20-18+/t33-/m1/s1. The molecule has 0 aromatic carbocycles. The summed E-state index contributed by atoms with van der Waals surface area (Å²) in [6.07, 6.45) is 33.3. The second-order valence-corrected chi connectivity index (χ2v) is 13.1. The highest BCUT2D eigenvalue weighted by Crippen LogP contribution is 2.36. The highest BCUT2D eigenvalue weighted by molar-refractivity contribution is 7.46. The molecule has 2 N–H and O–H groups in total. The Morgan fingerprint density at radius 3 is 1.48 bits per heavy atom. The van der Waals surface area contributed by atoms with Gasteiger partial charge in [0.1, 0.15) is 6.61 Å². The third-order valence-corrected chi connectivity index (χ3v) is 7.93. The van der Waals surface area contributed by atoms with Crippen LogP contribution in [0.25, 0.3) is 0 Å². The van der Waals surface area contributed by atoms with Gasteiger partial charge < -0.3 is 19.3 Å². The van der Waals surface area contributed by atoms with Crippen LogP contribution < -0.4 is 0 Å². The Kier molecular flexibility index (Phi) is 30.5. The van der Waals surface area contributed by atoms with Crippen LogP contribution in [0.2, 0.25) is 0 Å². The third kappa shape index (κ3) is 33.4. The monoisotopic (exact) mass is 644 g/mol. The summed E-state index contributed by atoms with van der Waals surface area (Å²) in [6.45, 7) is 3.60. The highest BCUT2D eigenvalue weighted by atomic mass is 31.2. The number of carbonyl (C=O) groups excluding carboxylic acids is 2. The number of hydrogen-bond donors (Lipinski definition) is 2. The largest absolute Gasteiger partial charge is 0.469 e. The van der Waals surface area contributed by atoms with E-state index in [9.17, 15) is 14.2 Å². The van der Waals surface area contributed by atoms with E-state index in [0.717, 1.165) is 64.2 Å². The number of rotatable bonds is 32. The number of phosphoric ester groups is 1. The number of carbonyl (C=O) groups is 2. The van der Waals surface area contributed by atoms with Crippen molar-refractivity contribution in [2.24, 2.45) is 0 Å². The van der Waals surface area contributed by atoms with Gasteiger partial charge >= 0.3 is 19.8 Å². The van der Waals surface area contributed by atoms with E-state index in [-0.39, 0.29) is 19.4 Å². The fraction of sp³-hybridized carbons (Fsp3) is 0.829. The van der Waals surface area contributed by atoms with E-state index in [1.54, 1.807) is 0 Å². The van der Waals surface area contributed by atoms with Crippen molar-refractivity contribution in [2.45, 2.75) is 174 Å².